The summed E-state index contributed by atoms with van der Waals surface area (Å²) in [5, 5.41) is 1.05. The van der Waals surface area contributed by atoms with Crippen LogP contribution in [0.25, 0.3) is 0 Å². The standard InChI is InChI=1S/C20H23N3O2S2/c1-3-22-19(25)18-15(11-13(2)27-18)21-20(22)26-12-17(24)23-10-6-8-14-7-4-5-9-16(14)23/h4-5,7,9,13H,3,6,8,10-12H2,1-2H3/t13-/m1/s1. The van der Waals surface area contributed by atoms with Crippen molar-refractivity contribution in [2.45, 2.75) is 55.0 Å². The number of amides is 1. The number of benzene rings is 1. The maximum atomic E-state index is 12.9. The van der Waals surface area contributed by atoms with Crippen LogP contribution in [0.3, 0.4) is 0 Å². The van der Waals surface area contributed by atoms with Gasteiger partial charge in [0.2, 0.25) is 5.91 Å². The number of para-hydroxylation sites is 1. The fraction of sp³-hybridized carbons (Fsp3) is 0.450. The van der Waals surface area contributed by atoms with Crippen LogP contribution >= 0.6 is 23.5 Å². The van der Waals surface area contributed by atoms with Gasteiger partial charge in [-0.15, -0.1) is 11.8 Å². The SMILES string of the molecule is CCn1c(SCC(=O)N2CCCc3ccccc32)nc2c(c1=O)S[C@H](C)C2. The number of carbonyl (C=O) groups excluding carboxylic acids is 1. The Morgan fingerprint density at radius 2 is 2.19 bits per heavy atom. The van der Waals surface area contributed by atoms with Crippen molar-refractivity contribution in [1.82, 2.24) is 9.55 Å². The van der Waals surface area contributed by atoms with Crippen molar-refractivity contribution < 1.29 is 4.79 Å². The highest BCUT2D eigenvalue weighted by Gasteiger charge is 2.27. The first kappa shape index (κ1) is 18.6. The van der Waals surface area contributed by atoms with E-state index in [1.54, 1.807) is 16.3 Å². The number of thioether (sulfide) groups is 2. The third-order valence-electron chi connectivity index (χ3n) is 5.02. The molecule has 3 heterocycles. The van der Waals surface area contributed by atoms with Crippen molar-refractivity contribution in [3.8, 4) is 0 Å². The molecule has 27 heavy (non-hydrogen) atoms. The van der Waals surface area contributed by atoms with Crippen molar-refractivity contribution in [2.24, 2.45) is 0 Å². The highest BCUT2D eigenvalue weighted by Crippen LogP contribution is 2.34. The number of anilines is 1. The molecule has 1 aromatic carbocycles. The molecular weight excluding hydrogens is 378 g/mol. The zero-order chi connectivity index (χ0) is 19.0. The largest absolute Gasteiger partial charge is 0.311 e. The molecular formula is C20H23N3O2S2. The summed E-state index contributed by atoms with van der Waals surface area (Å²) < 4.78 is 1.70. The van der Waals surface area contributed by atoms with E-state index in [0.29, 0.717) is 22.7 Å². The van der Waals surface area contributed by atoms with E-state index in [1.165, 1.54) is 17.3 Å². The summed E-state index contributed by atoms with van der Waals surface area (Å²) in [6.45, 7) is 5.39. The molecule has 0 saturated heterocycles. The van der Waals surface area contributed by atoms with Crippen molar-refractivity contribution in [2.75, 3.05) is 17.2 Å². The molecule has 4 rings (SSSR count). The fourth-order valence-electron chi connectivity index (χ4n) is 3.72. The summed E-state index contributed by atoms with van der Waals surface area (Å²) in [6.07, 6.45) is 2.82. The van der Waals surface area contributed by atoms with Crippen LogP contribution in [0.15, 0.2) is 39.1 Å². The van der Waals surface area contributed by atoms with Crippen molar-refractivity contribution in [3.63, 3.8) is 0 Å². The van der Waals surface area contributed by atoms with E-state index < -0.39 is 0 Å². The van der Waals surface area contributed by atoms with E-state index in [0.717, 1.165) is 42.1 Å². The van der Waals surface area contributed by atoms with Crippen LogP contribution in [0.1, 0.15) is 31.5 Å². The Kier molecular flexibility index (Phi) is 5.32. The second kappa shape index (κ2) is 7.72. The van der Waals surface area contributed by atoms with Crippen molar-refractivity contribution in [1.29, 1.82) is 0 Å². The van der Waals surface area contributed by atoms with Crippen LogP contribution in [0.4, 0.5) is 5.69 Å². The molecule has 0 N–H and O–H groups in total. The molecule has 2 aliphatic rings. The van der Waals surface area contributed by atoms with Crippen molar-refractivity contribution in [3.05, 3.63) is 45.9 Å². The zero-order valence-corrected chi connectivity index (χ0v) is 17.2. The molecule has 2 aromatic rings. The van der Waals surface area contributed by atoms with E-state index in [-0.39, 0.29) is 11.5 Å². The molecule has 2 aliphatic heterocycles. The van der Waals surface area contributed by atoms with E-state index in [4.69, 9.17) is 4.98 Å². The van der Waals surface area contributed by atoms with Gasteiger partial charge in [0.05, 0.1) is 16.3 Å². The third-order valence-corrected chi connectivity index (χ3v) is 7.19. The molecule has 5 nitrogen and oxygen atoms in total. The number of aryl methyl sites for hydroxylation is 1. The minimum Gasteiger partial charge on any atom is -0.311 e. The van der Waals surface area contributed by atoms with E-state index >= 15 is 0 Å². The molecule has 1 atom stereocenters. The molecule has 0 saturated carbocycles. The summed E-state index contributed by atoms with van der Waals surface area (Å²) in [5.41, 5.74) is 3.18. The molecule has 7 heteroatoms. The van der Waals surface area contributed by atoms with Gasteiger partial charge in [0.25, 0.3) is 5.56 Å². The molecule has 0 unspecified atom stereocenters. The lowest BCUT2D eigenvalue weighted by molar-refractivity contribution is -0.116. The van der Waals surface area contributed by atoms with Crippen LogP contribution in [-0.4, -0.2) is 33.0 Å². The third kappa shape index (κ3) is 3.55. The van der Waals surface area contributed by atoms with E-state index in [2.05, 4.69) is 13.0 Å². The van der Waals surface area contributed by atoms with Gasteiger partial charge in [0, 0.05) is 30.4 Å². The van der Waals surface area contributed by atoms with Gasteiger partial charge in [-0.05, 0) is 31.4 Å². The average molecular weight is 402 g/mol. The first-order valence-corrected chi connectivity index (χ1v) is 11.3. The van der Waals surface area contributed by atoms with Crippen LogP contribution in [0.5, 0.6) is 0 Å². The molecule has 0 radical (unpaired) electrons. The fourth-order valence-corrected chi connectivity index (χ4v) is 5.79. The van der Waals surface area contributed by atoms with E-state index in [9.17, 15) is 9.59 Å². The number of hydrogen-bond acceptors (Lipinski definition) is 5. The van der Waals surface area contributed by atoms with Gasteiger partial charge in [0.15, 0.2) is 5.16 Å². The van der Waals surface area contributed by atoms with Crippen molar-refractivity contribution >= 4 is 35.1 Å². The maximum absolute atomic E-state index is 12.9. The van der Waals surface area contributed by atoms with Gasteiger partial charge in [-0.1, -0.05) is 36.9 Å². The summed E-state index contributed by atoms with van der Waals surface area (Å²) in [4.78, 5) is 33.0. The maximum Gasteiger partial charge on any atom is 0.268 e. The van der Waals surface area contributed by atoms with Crippen LogP contribution in [0.2, 0.25) is 0 Å². The predicted molar refractivity (Wildman–Crippen MR) is 111 cm³/mol. The number of rotatable bonds is 4. The number of nitrogens with zero attached hydrogens (tertiary/aromatic N) is 3. The second-order valence-electron chi connectivity index (χ2n) is 6.92. The molecule has 142 valence electrons. The molecule has 0 bridgehead atoms. The molecule has 1 aromatic heterocycles. The Morgan fingerprint density at radius 1 is 1.37 bits per heavy atom. The lowest BCUT2D eigenvalue weighted by Gasteiger charge is -2.29. The topological polar surface area (TPSA) is 55.2 Å². The van der Waals surface area contributed by atoms with Gasteiger partial charge in [-0.3, -0.25) is 14.2 Å². The number of fused-ring (bicyclic) bond motifs is 2. The zero-order valence-electron chi connectivity index (χ0n) is 15.6. The second-order valence-corrected chi connectivity index (χ2v) is 9.31. The highest BCUT2D eigenvalue weighted by atomic mass is 32.2. The lowest BCUT2D eigenvalue weighted by Crippen LogP contribution is -2.36. The monoisotopic (exact) mass is 401 g/mol. The van der Waals surface area contributed by atoms with Gasteiger partial charge in [-0.25, -0.2) is 4.98 Å². The Balaban J connectivity index is 1.55. The normalized spacial score (nSPS) is 18.3. The summed E-state index contributed by atoms with van der Waals surface area (Å²) in [5.74, 6) is 0.370. The number of hydrogen-bond donors (Lipinski definition) is 0. The molecule has 0 fully saturated rings. The Labute approximate surface area is 167 Å². The minimum absolute atomic E-state index is 0.0371. The van der Waals surface area contributed by atoms with Gasteiger partial charge in [-0.2, -0.15) is 0 Å². The summed E-state index contributed by atoms with van der Waals surface area (Å²) >= 11 is 3.00. The van der Waals surface area contributed by atoms with Gasteiger partial charge in [0.1, 0.15) is 0 Å². The summed E-state index contributed by atoms with van der Waals surface area (Å²) in [6, 6.07) is 8.12. The van der Waals surface area contributed by atoms with Crippen LogP contribution < -0.4 is 10.5 Å². The molecule has 0 spiro atoms. The Hall–Kier alpha value is -1.73. The highest BCUT2D eigenvalue weighted by molar-refractivity contribution is 8.00. The van der Waals surface area contributed by atoms with E-state index in [1.807, 2.05) is 30.0 Å². The summed E-state index contributed by atoms with van der Waals surface area (Å²) in [7, 11) is 0. The minimum atomic E-state index is 0.0371. The predicted octanol–water partition coefficient (Wildman–Crippen LogP) is 3.37. The molecule has 1 amide bonds. The smallest absolute Gasteiger partial charge is 0.268 e. The number of carbonyl (C=O) groups is 1. The lowest BCUT2D eigenvalue weighted by atomic mass is 10.0. The van der Waals surface area contributed by atoms with Gasteiger partial charge < -0.3 is 4.90 Å². The first-order valence-electron chi connectivity index (χ1n) is 9.40. The average Bonchev–Trinajstić information content (AvgIpc) is 3.06. The van der Waals surface area contributed by atoms with Crippen LogP contribution in [-0.2, 0) is 24.2 Å². The number of aromatic nitrogens is 2. The quantitative estimate of drug-likeness (QED) is 0.581. The van der Waals surface area contributed by atoms with Gasteiger partial charge >= 0.3 is 0 Å². The Morgan fingerprint density at radius 3 is 3.00 bits per heavy atom. The first-order chi connectivity index (χ1) is 13.1. The van der Waals surface area contributed by atoms with Crippen LogP contribution in [0, 0.1) is 0 Å². The molecule has 0 aliphatic carbocycles. The Bertz CT molecular complexity index is 941.